The van der Waals surface area contributed by atoms with E-state index in [0.29, 0.717) is 13.1 Å². The summed E-state index contributed by atoms with van der Waals surface area (Å²) in [6.45, 7) is 4.18. The lowest BCUT2D eigenvalue weighted by Gasteiger charge is -2.23. The summed E-state index contributed by atoms with van der Waals surface area (Å²) in [5, 5.41) is 7.12. The number of carbonyl (C=O) groups is 1. The molecule has 0 saturated carbocycles. The van der Waals surface area contributed by atoms with Crippen LogP contribution in [0.5, 0.6) is 0 Å². The smallest absolute Gasteiger partial charge is 0.322 e. The number of imidazole rings is 1. The summed E-state index contributed by atoms with van der Waals surface area (Å²) in [6, 6.07) is 9.85. The second-order valence-electron chi connectivity index (χ2n) is 6.00. The molecule has 6 heteroatoms. The van der Waals surface area contributed by atoms with Crippen LogP contribution in [0.4, 0.5) is 10.5 Å². The number of anilines is 1. The van der Waals surface area contributed by atoms with Gasteiger partial charge in [-0.25, -0.2) is 9.78 Å². The minimum Gasteiger partial charge on any atom is -0.337 e. The molecule has 0 unspecified atom stereocenters. The summed E-state index contributed by atoms with van der Waals surface area (Å²) in [4.78, 5) is 18.6. The number of carbonyl (C=O) groups excluding carboxylic acids is 1. The van der Waals surface area contributed by atoms with Crippen LogP contribution in [0.25, 0.3) is 0 Å². The number of nitrogens with one attached hydrogen (secondary N) is 1. The lowest BCUT2D eigenvalue weighted by Crippen LogP contribution is -2.35. The topological polar surface area (TPSA) is 50.2 Å². The molecule has 0 aliphatic heterocycles. The minimum absolute atomic E-state index is 0.0688. The highest BCUT2D eigenvalue weighted by atomic mass is 32.1. The molecule has 1 aromatic carbocycles. The Balaban J connectivity index is 1.61. The van der Waals surface area contributed by atoms with Crippen molar-refractivity contribution in [2.45, 2.75) is 26.4 Å². The Morgan fingerprint density at radius 1 is 1.28 bits per heavy atom. The first-order chi connectivity index (χ1) is 12.2. The molecule has 2 amide bonds. The van der Waals surface area contributed by atoms with Gasteiger partial charge in [-0.1, -0.05) is 17.7 Å². The Bertz CT molecular complexity index is 766. The van der Waals surface area contributed by atoms with Gasteiger partial charge in [0.1, 0.15) is 0 Å². The van der Waals surface area contributed by atoms with E-state index in [9.17, 15) is 4.79 Å². The predicted molar refractivity (Wildman–Crippen MR) is 102 cm³/mol. The van der Waals surface area contributed by atoms with Gasteiger partial charge < -0.3 is 14.8 Å². The van der Waals surface area contributed by atoms with Crippen molar-refractivity contribution in [2.24, 2.45) is 0 Å². The Hall–Kier alpha value is -2.60. The molecule has 1 N–H and O–H groups in total. The SMILES string of the molecule is Cc1ccc(NC(=O)N(CCCn2ccnc2)Cc2ccsc2)cc1. The summed E-state index contributed by atoms with van der Waals surface area (Å²) < 4.78 is 2.03. The number of aryl methyl sites for hydroxylation is 2. The van der Waals surface area contributed by atoms with Gasteiger partial charge in [-0.05, 0) is 47.9 Å². The predicted octanol–water partition coefficient (Wildman–Crippen LogP) is 4.38. The van der Waals surface area contributed by atoms with Crippen LogP contribution in [0.15, 0.2) is 59.8 Å². The highest BCUT2D eigenvalue weighted by Crippen LogP contribution is 2.14. The lowest BCUT2D eigenvalue weighted by molar-refractivity contribution is 0.207. The van der Waals surface area contributed by atoms with Gasteiger partial charge in [0.2, 0.25) is 0 Å². The minimum atomic E-state index is -0.0688. The van der Waals surface area contributed by atoms with Gasteiger partial charge in [0.15, 0.2) is 0 Å². The van der Waals surface area contributed by atoms with E-state index in [2.05, 4.69) is 21.7 Å². The van der Waals surface area contributed by atoms with E-state index in [1.54, 1.807) is 23.9 Å². The second kappa shape index (κ2) is 8.48. The number of rotatable bonds is 7. The van der Waals surface area contributed by atoms with E-state index in [0.717, 1.165) is 24.2 Å². The van der Waals surface area contributed by atoms with Crippen LogP contribution in [-0.2, 0) is 13.1 Å². The summed E-state index contributed by atoms with van der Waals surface area (Å²) >= 11 is 1.65. The first-order valence-electron chi connectivity index (χ1n) is 8.30. The van der Waals surface area contributed by atoms with Gasteiger partial charge in [0.05, 0.1) is 6.33 Å². The molecule has 2 aromatic heterocycles. The molecule has 0 radical (unpaired) electrons. The zero-order valence-electron chi connectivity index (χ0n) is 14.3. The van der Waals surface area contributed by atoms with E-state index in [1.165, 1.54) is 5.56 Å². The third-order valence-corrected chi connectivity index (χ3v) is 4.68. The molecule has 0 bridgehead atoms. The normalized spacial score (nSPS) is 10.6. The summed E-state index contributed by atoms with van der Waals surface area (Å²) in [5.74, 6) is 0. The molecule has 0 atom stereocenters. The maximum Gasteiger partial charge on any atom is 0.322 e. The zero-order valence-corrected chi connectivity index (χ0v) is 15.1. The van der Waals surface area contributed by atoms with Gasteiger partial charge in [-0.3, -0.25) is 0 Å². The van der Waals surface area contributed by atoms with Crippen LogP contribution in [0.1, 0.15) is 17.5 Å². The highest BCUT2D eigenvalue weighted by Gasteiger charge is 2.14. The van der Waals surface area contributed by atoms with E-state index >= 15 is 0 Å². The fraction of sp³-hybridized carbons (Fsp3) is 0.263. The largest absolute Gasteiger partial charge is 0.337 e. The van der Waals surface area contributed by atoms with E-state index < -0.39 is 0 Å². The lowest BCUT2D eigenvalue weighted by atomic mass is 10.2. The number of thiophene rings is 1. The standard InChI is InChI=1S/C19H22N4OS/c1-16-3-5-18(6-4-16)21-19(24)23(13-17-7-12-25-14-17)10-2-9-22-11-8-20-15-22/h3-8,11-12,14-15H,2,9-10,13H2,1H3,(H,21,24). The van der Waals surface area contributed by atoms with Crippen LogP contribution in [0.2, 0.25) is 0 Å². The van der Waals surface area contributed by atoms with Crippen molar-refractivity contribution < 1.29 is 4.79 Å². The number of hydrogen-bond acceptors (Lipinski definition) is 3. The molecular formula is C19H22N4OS. The monoisotopic (exact) mass is 354 g/mol. The summed E-state index contributed by atoms with van der Waals surface area (Å²) in [6.07, 6.45) is 6.39. The van der Waals surface area contributed by atoms with Gasteiger partial charge in [0.25, 0.3) is 0 Å². The van der Waals surface area contributed by atoms with E-state index in [-0.39, 0.29) is 6.03 Å². The maximum atomic E-state index is 12.7. The average Bonchev–Trinajstić information content (AvgIpc) is 3.30. The molecule has 0 aliphatic rings. The number of benzene rings is 1. The fourth-order valence-corrected chi connectivity index (χ4v) is 3.22. The Morgan fingerprint density at radius 2 is 2.12 bits per heavy atom. The number of urea groups is 1. The van der Waals surface area contributed by atoms with Gasteiger partial charge in [-0.2, -0.15) is 11.3 Å². The van der Waals surface area contributed by atoms with Gasteiger partial charge >= 0.3 is 6.03 Å². The second-order valence-corrected chi connectivity index (χ2v) is 6.78. The molecular weight excluding hydrogens is 332 g/mol. The summed E-state index contributed by atoms with van der Waals surface area (Å²) in [5.41, 5.74) is 3.15. The van der Waals surface area contributed by atoms with Crippen LogP contribution in [0, 0.1) is 6.92 Å². The molecule has 130 valence electrons. The highest BCUT2D eigenvalue weighted by molar-refractivity contribution is 7.07. The molecule has 3 aromatic rings. The molecule has 5 nitrogen and oxygen atoms in total. The van der Waals surface area contributed by atoms with Crippen molar-refractivity contribution in [1.82, 2.24) is 14.5 Å². The molecule has 3 rings (SSSR count). The number of aromatic nitrogens is 2. The van der Waals surface area contributed by atoms with Crippen LogP contribution < -0.4 is 5.32 Å². The molecule has 0 fully saturated rings. The number of amides is 2. The van der Waals surface area contributed by atoms with Crippen molar-refractivity contribution >= 4 is 23.1 Å². The van der Waals surface area contributed by atoms with E-state index in [1.807, 2.05) is 52.2 Å². The molecule has 0 saturated heterocycles. The molecule has 0 spiro atoms. The number of nitrogens with zero attached hydrogens (tertiary/aromatic N) is 3. The summed E-state index contributed by atoms with van der Waals surface area (Å²) in [7, 11) is 0. The Kier molecular flexibility index (Phi) is 5.85. The van der Waals surface area contributed by atoms with Crippen molar-refractivity contribution in [2.75, 3.05) is 11.9 Å². The van der Waals surface area contributed by atoms with Gasteiger partial charge in [0, 0.05) is 37.7 Å². The number of hydrogen-bond donors (Lipinski definition) is 1. The van der Waals surface area contributed by atoms with Crippen LogP contribution >= 0.6 is 11.3 Å². The quantitative estimate of drug-likeness (QED) is 0.684. The van der Waals surface area contributed by atoms with Gasteiger partial charge in [-0.15, -0.1) is 0 Å². The third-order valence-electron chi connectivity index (χ3n) is 3.95. The zero-order chi connectivity index (χ0) is 17.5. The van der Waals surface area contributed by atoms with Crippen molar-refractivity contribution in [3.8, 4) is 0 Å². The van der Waals surface area contributed by atoms with Crippen LogP contribution in [0.3, 0.4) is 0 Å². The average molecular weight is 354 g/mol. The fourth-order valence-electron chi connectivity index (χ4n) is 2.56. The first-order valence-corrected chi connectivity index (χ1v) is 9.24. The van der Waals surface area contributed by atoms with Crippen molar-refractivity contribution in [3.63, 3.8) is 0 Å². The van der Waals surface area contributed by atoms with Crippen molar-refractivity contribution in [1.29, 1.82) is 0 Å². The molecule has 25 heavy (non-hydrogen) atoms. The van der Waals surface area contributed by atoms with E-state index in [4.69, 9.17) is 0 Å². The first kappa shape index (κ1) is 17.2. The van der Waals surface area contributed by atoms with Crippen LogP contribution in [-0.4, -0.2) is 27.0 Å². The Morgan fingerprint density at radius 3 is 2.80 bits per heavy atom. The van der Waals surface area contributed by atoms with Crippen molar-refractivity contribution in [3.05, 3.63) is 70.9 Å². The third kappa shape index (κ3) is 5.19. The molecule has 0 aliphatic carbocycles. The molecule has 2 heterocycles. The Labute approximate surface area is 151 Å². The maximum absolute atomic E-state index is 12.7.